The summed E-state index contributed by atoms with van der Waals surface area (Å²) in [5.41, 5.74) is 1.31. The second-order valence-corrected chi connectivity index (χ2v) is 11.1. The fourth-order valence-corrected chi connectivity index (χ4v) is 6.50. The van der Waals surface area contributed by atoms with Crippen LogP contribution in [0.4, 0.5) is 10.1 Å². The third kappa shape index (κ3) is 4.49. The van der Waals surface area contributed by atoms with E-state index < -0.39 is 25.9 Å². The maximum absolute atomic E-state index is 14.0. The average molecular weight is 467 g/mol. The van der Waals surface area contributed by atoms with E-state index in [0.717, 1.165) is 11.6 Å². The van der Waals surface area contributed by atoms with Crippen molar-refractivity contribution in [2.24, 2.45) is 4.40 Å². The Hall–Kier alpha value is -2.34. The number of aryl methyl sites for hydroxylation is 1. The molecular weight excluding hydrogens is 443 g/mol. The SMILES string of the molecule is Cc1ccc2c(c1)S(=O)(=O)N=C(CN1CCCN(S(=O)(=O)c3ccccc3F)CC1)N2. The summed E-state index contributed by atoms with van der Waals surface area (Å²) in [6, 6.07) is 10.4. The van der Waals surface area contributed by atoms with Gasteiger partial charge in [0, 0.05) is 19.6 Å². The maximum Gasteiger partial charge on any atom is 0.286 e. The summed E-state index contributed by atoms with van der Waals surface area (Å²) in [7, 11) is -7.74. The highest BCUT2D eigenvalue weighted by Gasteiger charge is 2.30. The summed E-state index contributed by atoms with van der Waals surface area (Å²) in [6.45, 7) is 3.41. The van der Waals surface area contributed by atoms with Gasteiger partial charge in [-0.15, -0.1) is 4.40 Å². The Morgan fingerprint density at radius 1 is 1.10 bits per heavy atom. The van der Waals surface area contributed by atoms with Crippen LogP contribution in [0.2, 0.25) is 0 Å². The number of amidine groups is 1. The lowest BCUT2D eigenvalue weighted by Gasteiger charge is -2.25. The van der Waals surface area contributed by atoms with Crippen molar-refractivity contribution in [2.45, 2.75) is 23.1 Å². The number of nitrogens with one attached hydrogen (secondary N) is 1. The molecule has 2 aliphatic rings. The minimum atomic E-state index is -3.95. The van der Waals surface area contributed by atoms with E-state index in [1.54, 1.807) is 12.1 Å². The molecule has 2 heterocycles. The summed E-state index contributed by atoms with van der Waals surface area (Å²) in [6.07, 6.45) is 0.531. The summed E-state index contributed by atoms with van der Waals surface area (Å²) in [5.74, 6) is -0.481. The van der Waals surface area contributed by atoms with Crippen LogP contribution >= 0.6 is 0 Å². The summed E-state index contributed by atoms with van der Waals surface area (Å²) >= 11 is 0. The smallest absolute Gasteiger partial charge is 0.286 e. The highest BCUT2D eigenvalue weighted by atomic mass is 32.2. The first-order chi connectivity index (χ1) is 14.7. The largest absolute Gasteiger partial charge is 0.341 e. The van der Waals surface area contributed by atoms with E-state index in [-0.39, 0.29) is 29.4 Å². The zero-order valence-corrected chi connectivity index (χ0v) is 18.6. The summed E-state index contributed by atoms with van der Waals surface area (Å²) in [5, 5.41) is 3.07. The number of halogens is 1. The monoisotopic (exact) mass is 466 g/mol. The molecule has 31 heavy (non-hydrogen) atoms. The molecule has 166 valence electrons. The fourth-order valence-electron chi connectivity index (χ4n) is 3.74. The highest BCUT2D eigenvalue weighted by molar-refractivity contribution is 7.90. The van der Waals surface area contributed by atoms with Gasteiger partial charge in [-0.05, 0) is 49.7 Å². The van der Waals surface area contributed by atoms with E-state index in [4.69, 9.17) is 0 Å². The van der Waals surface area contributed by atoms with Crippen LogP contribution in [0.5, 0.6) is 0 Å². The van der Waals surface area contributed by atoms with E-state index in [9.17, 15) is 21.2 Å². The van der Waals surface area contributed by atoms with Gasteiger partial charge >= 0.3 is 0 Å². The van der Waals surface area contributed by atoms with E-state index in [2.05, 4.69) is 9.71 Å². The predicted molar refractivity (Wildman–Crippen MR) is 116 cm³/mol. The Morgan fingerprint density at radius 3 is 2.65 bits per heavy atom. The number of nitrogens with zero attached hydrogens (tertiary/aromatic N) is 3. The van der Waals surface area contributed by atoms with Gasteiger partial charge in [-0.2, -0.15) is 12.7 Å². The van der Waals surface area contributed by atoms with Crippen molar-refractivity contribution in [1.29, 1.82) is 0 Å². The molecule has 8 nitrogen and oxygen atoms in total. The average Bonchev–Trinajstić information content (AvgIpc) is 2.94. The highest BCUT2D eigenvalue weighted by Crippen LogP contribution is 2.28. The number of benzene rings is 2. The standard InChI is InChI=1S/C20H23FN4O4S2/c1-15-7-8-17-19(13-15)30(26,27)23-20(22-17)14-24-9-4-10-25(12-11-24)31(28,29)18-6-3-2-5-16(18)21/h2-3,5-8,13H,4,9-12,14H2,1H3,(H,22,23). The molecule has 0 spiro atoms. The van der Waals surface area contributed by atoms with Gasteiger partial charge in [0.1, 0.15) is 21.4 Å². The van der Waals surface area contributed by atoms with Crippen molar-refractivity contribution in [3.63, 3.8) is 0 Å². The van der Waals surface area contributed by atoms with Gasteiger partial charge in [-0.3, -0.25) is 4.90 Å². The third-order valence-electron chi connectivity index (χ3n) is 5.30. The number of rotatable bonds is 4. The lowest BCUT2D eigenvalue weighted by atomic mass is 10.2. The molecule has 0 unspecified atom stereocenters. The number of fused-ring (bicyclic) bond motifs is 1. The molecule has 0 saturated carbocycles. The van der Waals surface area contributed by atoms with Crippen LogP contribution in [-0.2, 0) is 20.0 Å². The van der Waals surface area contributed by atoms with Crippen molar-refractivity contribution < 1.29 is 21.2 Å². The molecule has 2 aromatic rings. The van der Waals surface area contributed by atoms with Gasteiger partial charge in [0.25, 0.3) is 10.0 Å². The van der Waals surface area contributed by atoms with Crippen molar-refractivity contribution in [1.82, 2.24) is 9.21 Å². The first kappa shape index (κ1) is 21.9. The third-order valence-corrected chi connectivity index (χ3v) is 8.59. The Kier molecular flexibility index (Phi) is 5.86. The van der Waals surface area contributed by atoms with Crippen molar-refractivity contribution in [2.75, 3.05) is 38.0 Å². The predicted octanol–water partition coefficient (Wildman–Crippen LogP) is 2.04. The van der Waals surface area contributed by atoms with Gasteiger partial charge in [-0.25, -0.2) is 12.8 Å². The fraction of sp³-hybridized carbons (Fsp3) is 0.350. The second-order valence-electron chi connectivity index (χ2n) is 7.60. The molecule has 0 radical (unpaired) electrons. The Labute approximate surface area is 181 Å². The van der Waals surface area contributed by atoms with Crippen LogP contribution in [0, 0.1) is 12.7 Å². The molecule has 1 saturated heterocycles. The molecule has 0 bridgehead atoms. The van der Waals surface area contributed by atoms with Gasteiger partial charge < -0.3 is 5.32 Å². The molecule has 0 aromatic heterocycles. The molecule has 1 N–H and O–H groups in total. The molecule has 11 heteroatoms. The van der Waals surface area contributed by atoms with Crippen LogP contribution in [0.1, 0.15) is 12.0 Å². The Bertz CT molecular complexity index is 1250. The topological polar surface area (TPSA) is 99.2 Å². The Balaban J connectivity index is 1.47. The van der Waals surface area contributed by atoms with Crippen LogP contribution in [0.25, 0.3) is 0 Å². The maximum atomic E-state index is 14.0. The van der Waals surface area contributed by atoms with Crippen LogP contribution in [0.3, 0.4) is 0 Å². The number of hydrogen-bond donors (Lipinski definition) is 1. The molecule has 0 atom stereocenters. The zero-order chi connectivity index (χ0) is 22.2. The number of sulfonamides is 2. The molecule has 2 aromatic carbocycles. The molecule has 4 rings (SSSR count). The lowest BCUT2D eigenvalue weighted by molar-refractivity contribution is 0.324. The summed E-state index contributed by atoms with van der Waals surface area (Å²) < 4.78 is 70.0. The molecule has 1 fully saturated rings. The van der Waals surface area contributed by atoms with Crippen molar-refractivity contribution in [3.8, 4) is 0 Å². The Morgan fingerprint density at radius 2 is 1.87 bits per heavy atom. The number of hydrogen-bond acceptors (Lipinski definition) is 6. The quantitative estimate of drug-likeness (QED) is 0.741. The summed E-state index contributed by atoms with van der Waals surface area (Å²) in [4.78, 5) is 1.76. The minimum Gasteiger partial charge on any atom is -0.341 e. The molecule has 2 aliphatic heterocycles. The van der Waals surface area contributed by atoms with Gasteiger partial charge in [0.15, 0.2) is 0 Å². The van der Waals surface area contributed by atoms with Crippen LogP contribution < -0.4 is 5.32 Å². The molecule has 0 amide bonds. The van der Waals surface area contributed by atoms with E-state index in [1.807, 2.05) is 17.9 Å². The van der Waals surface area contributed by atoms with Crippen molar-refractivity contribution in [3.05, 3.63) is 53.8 Å². The zero-order valence-electron chi connectivity index (χ0n) is 17.0. The first-order valence-corrected chi connectivity index (χ1v) is 12.7. The minimum absolute atomic E-state index is 0.147. The van der Waals surface area contributed by atoms with Gasteiger partial charge in [-0.1, -0.05) is 18.2 Å². The first-order valence-electron chi connectivity index (χ1n) is 9.85. The normalized spacial score (nSPS) is 19.7. The lowest BCUT2D eigenvalue weighted by Crippen LogP contribution is -2.39. The number of anilines is 1. The van der Waals surface area contributed by atoms with Gasteiger partial charge in [0.2, 0.25) is 10.0 Å². The molecular formula is C20H23FN4O4S2. The van der Waals surface area contributed by atoms with E-state index in [1.165, 1.54) is 22.5 Å². The van der Waals surface area contributed by atoms with E-state index >= 15 is 0 Å². The van der Waals surface area contributed by atoms with E-state index in [0.29, 0.717) is 31.0 Å². The van der Waals surface area contributed by atoms with Crippen LogP contribution in [0.15, 0.2) is 56.7 Å². The van der Waals surface area contributed by atoms with Crippen molar-refractivity contribution >= 4 is 31.6 Å². The van der Waals surface area contributed by atoms with Gasteiger partial charge in [0.05, 0.1) is 12.2 Å². The second kappa shape index (κ2) is 8.30. The van der Waals surface area contributed by atoms with Crippen LogP contribution in [-0.4, -0.2) is 64.6 Å². The molecule has 0 aliphatic carbocycles.